The Hall–Kier alpha value is -4.47. The molecule has 0 aliphatic heterocycles. The monoisotopic (exact) mass is 870 g/mol. The lowest BCUT2D eigenvalue weighted by Gasteiger charge is -2.37. The molecular formula is C42H52ClN4O10PS. The first-order valence-electron chi connectivity index (χ1n) is 19.0. The second-order valence-corrected chi connectivity index (χ2v) is 19.2. The standard InChI is InChI=1S/C42H52ClN4O10PS/c1-31(2)27-46(59(53,54)36-23-15-22-35(25-36)47(50)51)28-38(57-58(52,55-29-33-18-11-7-12-19-33)56-30-34-20-13-8-14-21-34)37(24-32-16-9-6-10-17-32)44-41(49)40(42(3,4)5)45-39(48)26-43/h6-23,25,31,37-38,40H,24,26-30H2,1-5H3,(H,44,49)(H,45,48)/t37-,38+,40+/m0/s1. The van der Waals surface area contributed by atoms with Crippen LogP contribution in [0.5, 0.6) is 0 Å². The van der Waals surface area contributed by atoms with Gasteiger partial charge in [-0.25, -0.2) is 13.0 Å². The molecule has 0 radical (unpaired) electrons. The number of nitrogens with zero attached hydrogens (tertiary/aromatic N) is 2. The van der Waals surface area contributed by atoms with E-state index in [1.165, 1.54) is 18.2 Å². The maximum absolute atomic E-state index is 15.0. The number of halogens is 1. The first kappa shape index (κ1) is 47.2. The van der Waals surface area contributed by atoms with Crippen molar-refractivity contribution in [2.75, 3.05) is 19.0 Å². The highest BCUT2D eigenvalue weighted by Gasteiger charge is 2.41. The summed E-state index contributed by atoms with van der Waals surface area (Å²) in [7, 11) is -9.19. The molecule has 17 heteroatoms. The van der Waals surface area contributed by atoms with Crippen LogP contribution in [0.3, 0.4) is 0 Å². The highest BCUT2D eigenvalue weighted by Crippen LogP contribution is 2.52. The number of hydrogen-bond acceptors (Lipinski definition) is 10. The topological polar surface area (TPSA) is 183 Å². The van der Waals surface area contributed by atoms with Crippen LogP contribution in [0.2, 0.25) is 0 Å². The van der Waals surface area contributed by atoms with Gasteiger partial charge < -0.3 is 10.6 Å². The number of hydrogen-bond donors (Lipinski definition) is 2. The summed E-state index contributed by atoms with van der Waals surface area (Å²) in [6, 6.07) is 29.2. The summed E-state index contributed by atoms with van der Waals surface area (Å²) in [5.41, 5.74) is 0.719. The minimum Gasteiger partial charge on any atom is -0.349 e. The molecule has 14 nitrogen and oxygen atoms in total. The van der Waals surface area contributed by atoms with Crippen LogP contribution >= 0.6 is 19.4 Å². The largest absolute Gasteiger partial charge is 0.475 e. The zero-order valence-electron chi connectivity index (χ0n) is 33.7. The predicted molar refractivity (Wildman–Crippen MR) is 226 cm³/mol. The summed E-state index contributed by atoms with van der Waals surface area (Å²) < 4.78 is 63.7. The SMILES string of the molecule is CC(C)CN(C[C@@H](OP(=O)(OCc1ccccc1)OCc1ccccc1)[C@H](Cc1ccccc1)NC(=O)[C@@H](NC(=O)CCl)C(C)(C)C)S(=O)(=O)c1cccc([N+](=O)[O-])c1. The van der Waals surface area contributed by atoms with Crippen LogP contribution in [0, 0.1) is 21.4 Å². The van der Waals surface area contributed by atoms with Crippen LogP contribution in [0.4, 0.5) is 5.69 Å². The van der Waals surface area contributed by atoms with Gasteiger partial charge in [0, 0.05) is 25.2 Å². The van der Waals surface area contributed by atoms with Crippen LogP contribution in [-0.4, -0.2) is 66.6 Å². The van der Waals surface area contributed by atoms with E-state index in [1.54, 1.807) is 113 Å². The van der Waals surface area contributed by atoms with Gasteiger partial charge in [0.1, 0.15) is 18.0 Å². The number of amides is 2. The first-order valence-corrected chi connectivity index (χ1v) is 22.4. The number of phosphoric acid groups is 1. The average molecular weight is 871 g/mol. The summed E-state index contributed by atoms with van der Waals surface area (Å²) in [6.07, 6.45) is -1.44. The number of alkyl halides is 1. The van der Waals surface area contributed by atoms with Crippen LogP contribution in [0.15, 0.2) is 120 Å². The van der Waals surface area contributed by atoms with Crippen LogP contribution in [-0.2, 0) is 57.4 Å². The molecule has 0 saturated carbocycles. The average Bonchev–Trinajstić information content (AvgIpc) is 3.21. The van der Waals surface area contributed by atoms with Gasteiger partial charge in [0.2, 0.25) is 21.8 Å². The molecule has 0 aromatic heterocycles. The van der Waals surface area contributed by atoms with E-state index in [9.17, 15) is 28.1 Å². The molecule has 2 N–H and O–H groups in total. The van der Waals surface area contributed by atoms with Crippen molar-refractivity contribution in [2.45, 2.75) is 77.3 Å². The molecule has 4 aromatic rings. The molecule has 2 amide bonds. The van der Waals surface area contributed by atoms with E-state index in [1.807, 2.05) is 12.1 Å². The minimum absolute atomic E-state index is 0.0291. The number of rotatable bonds is 22. The highest BCUT2D eigenvalue weighted by atomic mass is 35.5. The molecule has 0 spiro atoms. The van der Waals surface area contributed by atoms with E-state index < -0.39 is 76.3 Å². The Labute approximate surface area is 351 Å². The summed E-state index contributed by atoms with van der Waals surface area (Å²) in [5.74, 6) is -1.92. The Morgan fingerprint density at radius 1 is 0.814 bits per heavy atom. The fourth-order valence-corrected chi connectivity index (χ4v) is 9.11. The molecule has 318 valence electrons. The van der Waals surface area contributed by atoms with E-state index in [4.69, 9.17) is 25.2 Å². The second-order valence-electron chi connectivity index (χ2n) is 15.4. The normalized spacial score (nSPS) is 13.8. The fraction of sp³-hybridized carbons (Fsp3) is 0.381. The number of nitrogens with one attached hydrogen (secondary N) is 2. The third-order valence-electron chi connectivity index (χ3n) is 8.98. The number of phosphoric ester groups is 1. The van der Waals surface area contributed by atoms with Crippen molar-refractivity contribution in [3.8, 4) is 0 Å². The molecule has 0 bridgehead atoms. The van der Waals surface area contributed by atoms with E-state index in [-0.39, 0.29) is 37.0 Å². The summed E-state index contributed by atoms with van der Waals surface area (Å²) in [6.45, 7) is 7.79. The minimum atomic E-state index is -4.68. The number of sulfonamides is 1. The molecule has 0 unspecified atom stereocenters. The molecule has 0 heterocycles. The Balaban J connectivity index is 1.89. The lowest BCUT2D eigenvalue weighted by molar-refractivity contribution is -0.385. The van der Waals surface area contributed by atoms with Crippen LogP contribution in [0.25, 0.3) is 0 Å². The quantitative estimate of drug-likeness (QED) is 0.0344. The van der Waals surface area contributed by atoms with E-state index in [2.05, 4.69) is 10.6 Å². The second kappa shape index (κ2) is 21.7. The van der Waals surface area contributed by atoms with Crippen LogP contribution < -0.4 is 10.6 Å². The Bertz CT molecular complexity index is 2100. The Morgan fingerprint density at radius 2 is 1.34 bits per heavy atom. The van der Waals surface area contributed by atoms with Crippen LogP contribution in [0.1, 0.15) is 51.3 Å². The van der Waals surface area contributed by atoms with Gasteiger partial charge >= 0.3 is 7.82 Å². The predicted octanol–water partition coefficient (Wildman–Crippen LogP) is 7.67. The molecule has 4 rings (SSSR count). The van der Waals surface area contributed by atoms with Crippen molar-refractivity contribution in [3.05, 3.63) is 142 Å². The summed E-state index contributed by atoms with van der Waals surface area (Å²) in [4.78, 5) is 37.6. The van der Waals surface area contributed by atoms with Crippen molar-refractivity contribution in [1.29, 1.82) is 0 Å². The van der Waals surface area contributed by atoms with Gasteiger partial charge in [-0.05, 0) is 40.5 Å². The van der Waals surface area contributed by atoms with E-state index in [0.29, 0.717) is 16.7 Å². The number of carbonyl (C=O) groups is 2. The number of nitro groups is 1. The number of nitro benzene ring substituents is 1. The molecule has 0 aliphatic carbocycles. The zero-order valence-corrected chi connectivity index (χ0v) is 36.2. The van der Waals surface area contributed by atoms with Crippen molar-refractivity contribution in [3.63, 3.8) is 0 Å². The molecule has 0 fully saturated rings. The number of benzene rings is 4. The molecule has 0 saturated heterocycles. The van der Waals surface area contributed by atoms with Crippen molar-refractivity contribution in [1.82, 2.24) is 14.9 Å². The van der Waals surface area contributed by atoms with Gasteiger partial charge in [-0.3, -0.25) is 33.3 Å². The number of non-ortho nitro benzene ring substituents is 1. The smallest absolute Gasteiger partial charge is 0.349 e. The molecule has 4 aromatic carbocycles. The van der Waals surface area contributed by atoms with Gasteiger partial charge in [0.05, 0.1) is 29.1 Å². The van der Waals surface area contributed by atoms with Gasteiger partial charge in [0.25, 0.3) is 5.69 Å². The summed E-state index contributed by atoms with van der Waals surface area (Å²) in [5, 5.41) is 17.4. The van der Waals surface area contributed by atoms with Gasteiger partial charge in [-0.2, -0.15) is 4.31 Å². The summed E-state index contributed by atoms with van der Waals surface area (Å²) >= 11 is 5.83. The highest BCUT2D eigenvalue weighted by molar-refractivity contribution is 7.89. The zero-order chi connectivity index (χ0) is 43.2. The lowest BCUT2D eigenvalue weighted by atomic mass is 9.85. The van der Waals surface area contributed by atoms with Crippen molar-refractivity contribution < 1.29 is 41.1 Å². The van der Waals surface area contributed by atoms with Crippen molar-refractivity contribution in [2.24, 2.45) is 11.3 Å². The van der Waals surface area contributed by atoms with Gasteiger partial charge in [0.15, 0.2) is 0 Å². The molecular weight excluding hydrogens is 819 g/mol. The molecule has 59 heavy (non-hydrogen) atoms. The number of carbonyl (C=O) groups excluding carboxylic acids is 2. The van der Waals surface area contributed by atoms with Gasteiger partial charge in [-0.15, -0.1) is 11.6 Å². The maximum atomic E-state index is 15.0. The van der Waals surface area contributed by atoms with Gasteiger partial charge in [-0.1, -0.05) is 132 Å². The van der Waals surface area contributed by atoms with E-state index in [0.717, 1.165) is 10.4 Å². The molecule has 3 atom stereocenters. The third kappa shape index (κ3) is 14.6. The van der Waals surface area contributed by atoms with Crippen molar-refractivity contribution >= 4 is 46.9 Å². The Kier molecular flexibility index (Phi) is 17.4. The third-order valence-corrected chi connectivity index (χ3v) is 12.5. The maximum Gasteiger partial charge on any atom is 0.475 e. The molecule has 0 aliphatic rings. The Morgan fingerprint density at radius 3 is 1.81 bits per heavy atom. The van der Waals surface area contributed by atoms with E-state index >= 15 is 4.57 Å². The lowest BCUT2D eigenvalue weighted by Crippen LogP contribution is -2.59. The first-order chi connectivity index (χ1) is 27.9. The fourth-order valence-electron chi connectivity index (χ4n) is 6.02.